The molecule has 2 aromatic carbocycles. The fraction of sp³-hybridized carbons (Fsp3) is 0.294. The van der Waals surface area contributed by atoms with Crippen molar-refractivity contribution < 1.29 is 13.2 Å². The lowest BCUT2D eigenvalue weighted by Crippen LogP contribution is -2.17. The first kappa shape index (κ1) is 15.6. The van der Waals surface area contributed by atoms with Gasteiger partial charge in [-0.05, 0) is 49.7 Å². The zero-order valence-electron chi connectivity index (χ0n) is 12.3. The maximum Gasteiger partial charge on any atom is 0.134 e. The van der Waals surface area contributed by atoms with Crippen molar-refractivity contribution >= 4 is 0 Å². The maximum absolute atomic E-state index is 14.0. The molecule has 21 heavy (non-hydrogen) atoms. The normalized spacial score (nSPS) is 12.5. The Kier molecular flexibility index (Phi) is 4.68. The highest BCUT2D eigenvalue weighted by Crippen LogP contribution is 2.30. The van der Waals surface area contributed by atoms with E-state index in [1.165, 1.54) is 19.1 Å². The van der Waals surface area contributed by atoms with Gasteiger partial charge in [-0.15, -0.1) is 0 Å². The molecule has 2 aromatic rings. The third kappa shape index (κ3) is 3.27. The number of benzene rings is 2. The predicted molar refractivity (Wildman–Crippen MR) is 78.6 cm³/mol. The van der Waals surface area contributed by atoms with E-state index in [2.05, 4.69) is 5.32 Å². The average Bonchev–Trinajstić information content (AvgIpc) is 2.44. The van der Waals surface area contributed by atoms with Gasteiger partial charge in [-0.25, -0.2) is 13.2 Å². The van der Waals surface area contributed by atoms with E-state index in [0.717, 1.165) is 18.2 Å². The molecular weight excluding hydrogens is 275 g/mol. The Labute approximate surface area is 122 Å². The first-order valence-corrected chi connectivity index (χ1v) is 6.93. The summed E-state index contributed by atoms with van der Waals surface area (Å²) in [7, 11) is 0. The summed E-state index contributed by atoms with van der Waals surface area (Å²) in [5.41, 5.74) is 1.38. The van der Waals surface area contributed by atoms with Crippen molar-refractivity contribution in [1.29, 1.82) is 0 Å². The van der Waals surface area contributed by atoms with Crippen LogP contribution in [0.5, 0.6) is 0 Å². The van der Waals surface area contributed by atoms with Gasteiger partial charge in [-0.2, -0.15) is 0 Å². The third-order valence-electron chi connectivity index (χ3n) is 3.54. The van der Waals surface area contributed by atoms with Crippen molar-refractivity contribution in [3.8, 4) is 11.1 Å². The number of hydrogen-bond acceptors (Lipinski definition) is 1. The first-order valence-electron chi connectivity index (χ1n) is 6.93. The molecule has 1 atom stereocenters. The summed E-state index contributed by atoms with van der Waals surface area (Å²) in [6, 6.07) is 6.75. The molecule has 0 aliphatic carbocycles. The molecule has 112 valence electrons. The van der Waals surface area contributed by atoms with Gasteiger partial charge in [0.2, 0.25) is 0 Å². The Morgan fingerprint density at radius 3 is 2.29 bits per heavy atom. The van der Waals surface area contributed by atoms with Crippen molar-refractivity contribution in [1.82, 2.24) is 5.32 Å². The minimum absolute atomic E-state index is 0.0268. The minimum Gasteiger partial charge on any atom is -0.310 e. The van der Waals surface area contributed by atoms with E-state index in [0.29, 0.717) is 0 Å². The standard InChI is InChI=1S/C17H18F3N/c1-4-21-11(3)12-5-6-15(18)14(8-12)13-7-10(2)16(19)9-17(13)20/h5-9,11,21H,4H2,1-3H3. The predicted octanol–water partition coefficient (Wildman–Crippen LogP) is 4.75. The van der Waals surface area contributed by atoms with Gasteiger partial charge < -0.3 is 5.32 Å². The molecule has 0 fully saturated rings. The van der Waals surface area contributed by atoms with Crippen LogP contribution in [-0.2, 0) is 0 Å². The van der Waals surface area contributed by atoms with E-state index < -0.39 is 17.5 Å². The molecular formula is C17H18F3N. The summed E-state index contributed by atoms with van der Waals surface area (Å²) in [5.74, 6) is -1.91. The van der Waals surface area contributed by atoms with Crippen molar-refractivity contribution in [3.05, 3.63) is 58.9 Å². The number of aryl methyl sites for hydroxylation is 1. The van der Waals surface area contributed by atoms with Crippen LogP contribution < -0.4 is 5.32 Å². The van der Waals surface area contributed by atoms with Crippen LogP contribution in [0.1, 0.15) is 31.0 Å². The molecule has 0 heterocycles. The van der Waals surface area contributed by atoms with Gasteiger partial charge >= 0.3 is 0 Å². The molecule has 0 aliphatic rings. The van der Waals surface area contributed by atoms with Crippen molar-refractivity contribution in [2.24, 2.45) is 0 Å². The van der Waals surface area contributed by atoms with Crippen LogP contribution in [0.15, 0.2) is 30.3 Å². The second-order valence-corrected chi connectivity index (χ2v) is 5.10. The monoisotopic (exact) mass is 293 g/mol. The van der Waals surface area contributed by atoms with Gasteiger partial charge in [0.1, 0.15) is 17.5 Å². The van der Waals surface area contributed by atoms with Crippen LogP contribution in [-0.4, -0.2) is 6.54 Å². The molecule has 0 radical (unpaired) electrons. The van der Waals surface area contributed by atoms with E-state index in [1.54, 1.807) is 12.1 Å². The lowest BCUT2D eigenvalue weighted by molar-refractivity contribution is 0.575. The molecule has 0 saturated heterocycles. The molecule has 0 aliphatic heterocycles. The Hall–Kier alpha value is -1.81. The molecule has 0 saturated carbocycles. The maximum atomic E-state index is 14.0. The molecule has 0 aromatic heterocycles. The van der Waals surface area contributed by atoms with Crippen LogP contribution in [0.25, 0.3) is 11.1 Å². The summed E-state index contributed by atoms with van der Waals surface area (Å²) >= 11 is 0. The highest BCUT2D eigenvalue weighted by molar-refractivity contribution is 5.66. The fourth-order valence-corrected chi connectivity index (χ4v) is 2.31. The van der Waals surface area contributed by atoms with E-state index in [4.69, 9.17) is 0 Å². The molecule has 1 N–H and O–H groups in total. The summed E-state index contributed by atoms with van der Waals surface area (Å²) < 4.78 is 41.3. The topological polar surface area (TPSA) is 12.0 Å². The Balaban J connectivity index is 2.53. The average molecular weight is 293 g/mol. The first-order chi connectivity index (χ1) is 9.93. The van der Waals surface area contributed by atoms with E-state index in [9.17, 15) is 13.2 Å². The molecule has 0 amide bonds. The smallest absolute Gasteiger partial charge is 0.134 e. The second-order valence-electron chi connectivity index (χ2n) is 5.10. The fourth-order valence-electron chi connectivity index (χ4n) is 2.31. The van der Waals surface area contributed by atoms with Crippen LogP contribution in [0, 0.1) is 24.4 Å². The Morgan fingerprint density at radius 1 is 0.952 bits per heavy atom. The summed E-state index contributed by atoms with van der Waals surface area (Å²) in [6.45, 7) is 6.23. The zero-order chi connectivity index (χ0) is 15.6. The van der Waals surface area contributed by atoms with Crippen molar-refractivity contribution in [2.75, 3.05) is 6.54 Å². The zero-order valence-corrected chi connectivity index (χ0v) is 12.3. The van der Waals surface area contributed by atoms with E-state index in [1.807, 2.05) is 13.8 Å². The van der Waals surface area contributed by atoms with Crippen molar-refractivity contribution in [2.45, 2.75) is 26.8 Å². The van der Waals surface area contributed by atoms with Gasteiger partial charge in [-0.1, -0.05) is 13.0 Å². The number of nitrogens with one attached hydrogen (secondary N) is 1. The summed E-state index contributed by atoms with van der Waals surface area (Å²) in [5, 5.41) is 3.22. The highest BCUT2D eigenvalue weighted by atomic mass is 19.1. The molecule has 0 spiro atoms. The quantitative estimate of drug-likeness (QED) is 0.857. The van der Waals surface area contributed by atoms with E-state index in [-0.39, 0.29) is 22.7 Å². The molecule has 4 heteroatoms. The van der Waals surface area contributed by atoms with Gasteiger partial charge in [0.05, 0.1) is 0 Å². The van der Waals surface area contributed by atoms with Crippen LogP contribution >= 0.6 is 0 Å². The molecule has 1 unspecified atom stereocenters. The molecule has 1 nitrogen and oxygen atoms in total. The largest absolute Gasteiger partial charge is 0.310 e. The Bertz CT molecular complexity index is 653. The number of rotatable bonds is 4. The third-order valence-corrected chi connectivity index (χ3v) is 3.54. The van der Waals surface area contributed by atoms with Gasteiger partial charge in [-0.3, -0.25) is 0 Å². The molecule has 0 bridgehead atoms. The number of halogens is 3. The van der Waals surface area contributed by atoms with Gasteiger partial charge in [0, 0.05) is 23.2 Å². The lowest BCUT2D eigenvalue weighted by Gasteiger charge is -2.15. The minimum atomic E-state index is -0.759. The van der Waals surface area contributed by atoms with Crippen molar-refractivity contribution in [3.63, 3.8) is 0 Å². The van der Waals surface area contributed by atoms with Crippen LogP contribution in [0.3, 0.4) is 0 Å². The van der Waals surface area contributed by atoms with Gasteiger partial charge in [0.15, 0.2) is 0 Å². The Morgan fingerprint density at radius 2 is 1.62 bits per heavy atom. The van der Waals surface area contributed by atoms with Crippen LogP contribution in [0.2, 0.25) is 0 Å². The SMILES string of the molecule is CCNC(C)c1ccc(F)c(-c2cc(C)c(F)cc2F)c1. The van der Waals surface area contributed by atoms with E-state index >= 15 is 0 Å². The lowest BCUT2D eigenvalue weighted by atomic mass is 9.97. The van der Waals surface area contributed by atoms with Gasteiger partial charge in [0.25, 0.3) is 0 Å². The molecule has 2 rings (SSSR count). The van der Waals surface area contributed by atoms with Crippen LogP contribution in [0.4, 0.5) is 13.2 Å². The summed E-state index contributed by atoms with van der Waals surface area (Å²) in [4.78, 5) is 0. The summed E-state index contributed by atoms with van der Waals surface area (Å²) in [6.07, 6.45) is 0. The second kappa shape index (κ2) is 6.31. The highest BCUT2D eigenvalue weighted by Gasteiger charge is 2.15. The number of hydrogen-bond donors (Lipinski definition) is 1.